The minimum atomic E-state index is -0.222. The number of amides is 3. The number of nitrogens with one attached hydrogen (secondary N) is 3. The van der Waals surface area contributed by atoms with E-state index in [1.807, 2.05) is 11.4 Å². The van der Waals surface area contributed by atoms with Gasteiger partial charge in [0.05, 0.1) is 0 Å². The predicted molar refractivity (Wildman–Crippen MR) is 124 cm³/mol. The normalized spacial score (nSPS) is 14.1. The lowest BCUT2D eigenvalue weighted by atomic mass is 9.89. The van der Waals surface area contributed by atoms with Crippen molar-refractivity contribution in [3.8, 4) is 0 Å². The summed E-state index contributed by atoms with van der Waals surface area (Å²) in [5.74, 6) is -0.0620. The number of thiophene rings is 1. The zero-order chi connectivity index (χ0) is 21.9. The minimum absolute atomic E-state index is 0.0560. The molecule has 1 fully saturated rings. The Morgan fingerprint density at radius 2 is 1.77 bits per heavy atom. The molecule has 7 heteroatoms. The van der Waals surface area contributed by atoms with Gasteiger partial charge in [-0.05, 0) is 55.3 Å². The molecule has 3 rings (SSSR count). The standard InChI is InChI=1S/C24H31N3O3S/c28-22(13-5-11-21-12-6-16-31-21)27-20-10-4-9-19(17-20)24(30)26-15-14-25-23(29)18-7-2-1-3-8-18/h4,6,9-10,12,16-18H,1-3,5,7-8,11,13-15H2,(H,25,29)(H,26,30)(H,27,28). The molecule has 31 heavy (non-hydrogen) atoms. The third kappa shape index (κ3) is 7.83. The van der Waals surface area contributed by atoms with Crippen molar-refractivity contribution in [1.82, 2.24) is 10.6 Å². The molecule has 1 heterocycles. The third-order valence-corrected chi connectivity index (χ3v) is 6.44. The van der Waals surface area contributed by atoms with E-state index in [9.17, 15) is 14.4 Å². The average molecular weight is 442 g/mol. The molecular weight excluding hydrogens is 410 g/mol. The summed E-state index contributed by atoms with van der Waals surface area (Å²) in [4.78, 5) is 38.0. The van der Waals surface area contributed by atoms with E-state index in [0.717, 1.165) is 38.5 Å². The Morgan fingerprint density at radius 3 is 2.55 bits per heavy atom. The molecular formula is C24H31N3O3S. The maximum Gasteiger partial charge on any atom is 0.251 e. The van der Waals surface area contributed by atoms with Crippen LogP contribution in [0.2, 0.25) is 0 Å². The van der Waals surface area contributed by atoms with E-state index < -0.39 is 0 Å². The Balaban J connectivity index is 1.36. The van der Waals surface area contributed by atoms with Crippen LogP contribution in [-0.4, -0.2) is 30.8 Å². The third-order valence-electron chi connectivity index (χ3n) is 5.50. The van der Waals surface area contributed by atoms with Crippen molar-refractivity contribution in [2.45, 2.75) is 51.4 Å². The number of hydrogen-bond acceptors (Lipinski definition) is 4. The molecule has 0 bridgehead atoms. The summed E-state index contributed by atoms with van der Waals surface area (Å²) in [7, 11) is 0. The van der Waals surface area contributed by atoms with Crippen LogP contribution in [0.3, 0.4) is 0 Å². The Hall–Kier alpha value is -2.67. The van der Waals surface area contributed by atoms with Crippen molar-refractivity contribution in [2.75, 3.05) is 18.4 Å². The first kappa shape index (κ1) is 23.0. The monoisotopic (exact) mass is 441 g/mol. The fraction of sp³-hybridized carbons (Fsp3) is 0.458. The largest absolute Gasteiger partial charge is 0.354 e. The molecule has 3 N–H and O–H groups in total. The summed E-state index contributed by atoms with van der Waals surface area (Å²) in [6.07, 6.45) is 7.51. The molecule has 1 aromatic carbocycles. The summed E-state index contributed by atoms with van der Waals surface area (Å²) in [6, 6.07) is 11.0. The highest BCUT2D eigenvalue weighted by molar-refractivity contribution is 7.09. The van der Waals surface area contributed by atoms with Crippen LogP contribution >= 0.6 is 11.3 Å². The molecule has 1 aliphatic rings. The van der Waals surface area contributed by atoms with Gasteiger partial charge in [-0.25, -0.2) is 0 Å². The molecule has 0 atom stereocenters. The summed E-state index contributed by atoms with van der Waals surface area (Å²) >= 11 is 1.70. The van der Waals surface area contributed by atoms with E-state index in [-0.39, 0.29) is 23.6 Å². The maximum absolute atomic E-state index is 12.4. The number of rotatable bonds is 10. The van der Waals surface area contributed by atoms with Gasteiger partial charge in [-0.3, -0.25) is 14.4 Å². The summed E-state index contributed by atoms with van der Waals surface area (Å²) in [6.45, 7) is 0.790. The van der Waals surface area contributed by atoms with E-state index >= 15 is 0 Å². The van der Waals surface area contributed by atoms with Crippen molar-refractivity contribution in [3.63, 3.8) is 0 Å². The van der Waals surface area contributed by atoms with Crippen molar-refractivity contribution in [1.29, 1.82) is 0 Å². The van der Waals surface area contributed by atoms with Crippen LogP contribution in [0.1, 0.15) is 60.2 Å². The van der Waals surface area contributed by atoms with Gasteiger partial charge in [0, 0.05) is 41.6 Å². The van der Waals surface area contributed by atoms with Gasteiger partial charge in [-0.2, -0.15) is 0 Å². The van der Waals surface area contributed by atoms with Gasteiger partial charge in [-0.15, -0.1) is 11.3 Å². The molecule has 1 aromatic heterocycles. The number of carbonyl (C=O) groups is 3. The number of carbonyl (C=O) groups excluding carboxylic acids is 3. The highest BCUT2D eigenvalue weighted by Crippen LogP contribution is 2.23. The number of hydrogen-bond donors (Lipinski definition) is 3. The van der Waals surface area contributed by atoms with Crippen LogP contribution in [0.15, 0.2) is 41.8 Å². The second kappa shape index (κ2) is 12.2. The fourth-order valence-corrected chi connectivity index (χ4v) is 4.56. The van der Waals surface area contributed by atoms with Crippen LogP contribution in [-0.2, 0) is 16.0 Å². The number of aryl methyl sites for hydroxylation is 1. The predicted octanol–water partition coefficient (Wildman–Crippen LogP) is 4.14. The first-order chi connectivity index (χ1) is 15.1. The highest BCUT2D eigenvalue weighted by atomic mass is 32.1. The summed E-state index contributed by atoms with van der Waals surface area (Å²) < 4.78 is 0. The molecule has 0 saturated heterocycles. The van der Waals surface area contributed by atoms with Crippen LogP contribution in [0, 0.1) is 5.92 Å². The van der Waals surface area contributed by atoms with Gasteiger partial charge in [0.25, 0.3) is 5.91 Å². The van der Waals surface area contributed by atoms with Gasteiger partial charge in [0.2, 0.25) is 11.8 Å². The molecule has 1 aliphatic carbocycles. The Labute approximate surface area is 187 Å². The maximum atomic E-state index is 12.4. The zero-order valence-corrected chi connectivity index (χ0v) is 18.6. The minimum Gasteiger partial charge on any atom is -0.354 e. The van der Waals surface area contributed by atoms with Crippen LogP contribution in [0.25, 0.3) is 0 Å². The van der Waals surface area contributed by atoms with Gasteiger partial charge >= 0.3 is 0 Å². The first-order valence-corrected chi connectivity index (χ1v) is 12.0. The van der Waals surface area contributed by atoms with Crippen LogP contribution < -0.4 is 16.0 Å². The van der Waals surface area contributed by atoms with E-state index in [1.165, 1.54) is 11.3 Å². The lowest BCUT2D eigenvalue weighted by molar-refractivity contribution is -0.125. The molecule has 3 amide bonds. The van der Waals surface area contributed by atoms with Crippen LogP contribution in [0.4, 0.5) is 5.69 Å². The van der Waals surface area contributed by atoms with E-state index in [1.54, 1.807) is 35.6 Å². The van der Waals surface area contributed by atoms with Crippen molar-refractivity contribution in [2.24, 2.45) is 5.92 Å². The highest BCUT2D eigenvalue weighted by Gasteiger charge is 2.20. The lowest BCUT2D eigenvalue weighted by Crippen LogP contribution is -2.38. The second-order valence-electron chi connectivity index (χ2n) is 7.94. The molecule has 2 aromatic rings. The summed E-state index contributed by atoms with van der Waals surface area (Å²) in [5.41, 5.74) is 1.09. The van der Waals surface area contributed by atoms with E-state index in [2.05, 4.69) is 22.0 Å². The molecule has 166 valence electrons. The fourth-order valence-electron chi connectivity index (χ4n) is 3.81. The van der Waals surface area contributed by atoms with Crippen LogP contribution in [0.5, 0.6) is 0 Å². The molecule has 6 nitrogen and oxygen atoms in total. The Bertz CT molecular complexity index is 861. The Kier molecular flexibility index (Phi) is 9.09. The topological polar surface area (TPSA) is 87.3 Å². The Morgan fingerprint density at radius 1 is 0.968 bits per heavy atom. The van der Waals surface area contributed by atoms with Gasteiger partial charge < -0.3 is 16.0 Å². The van der Waals surface area contributed by atoms with Crippen molar-refractivity contribution >= 4 is 34.7 Å². The number of benzene rings is 1. The van der Waals surface area contributed by atoms with Gasteiger partial charge in [0.1, 0.15) is 0 Å². The smallest absolute Gasteiger partial charge is 0.251 e. The van der Waals surface area contributed by atoms with E-state index in [4.69, 9.17) is 0 Å². The zero-order valence-electron chi connectivity index (χ0n) is 17.8. The van der Waals surface area contributed by atoms with Crippen molar-refractivity contribution < 1.29 is 14.4 Å². The lowest BCUT2D eigenvalue weighted by Gasteiger charge is -2.20. The molecule has 0 radical (unpaired) electrons. The SMILES string of the molecule is O=C(CCCc1cccs1)Nc1cccc(C(=O)NCCNC(=O)C2CCCCC2)c1. The average Bonchev–Trinajstić information content (AvgIpc) is 3.30. The number of anilines is 1. The quantitative estimate of drug-likeness (QED) is 0.484. The van der Waals surface area contributed by atoms with E-state index in [0.29, 0.717) is 30.8 Å². The second-order valence-corrected chi connectivity index (χ2v) is 8.98. The van der Waals surface area contributed by atoms with Crippen molar-refractivity contribution in [3.05, 3.63) is 52.2 Å². The first-order valence-electron chi connectivity index (χ1n) is 11.1. The van der Waals surface area contributed by atoms with Gasteiger partial charge in [-0.1, -0.05) is 31.4 Å². The van der Waals surface area contributed by atoms with Gasteiger partial charge in [0.15, 0.2) is 0 Å². The molecule has 1 saturated carbocycles. The molecule has 0 unspecified atom stereocenters. The molecule has 0 spiro atoms. The summed E-state index contributed by atoms with van der Waals surface area (Å²) in [5, 5.41) is 10.6. The molecule has 0 aliphatic heterocycles.